The number of ketones is 1. The maximum atomic E-state index is 12.7. The van der Waals surface area contributed by atoms with Crippen LogP contribution in [-0.2, 0) is 28.5 Å². The van der Waals surface area contributed by atoms with Crippen LogP contribution in [0.2, 0.25) is 0 Å². The average molecular weight is 708 g/mol. The van der Waals surface area contributed by atoms with Crippen LogP contribution in [0.4, 0.5) is 0 Å². The summed E-state index contributed by atoms with van der Waals surface area (Å²) in [6.07, 6.45) is 1.32. The normalized spacial score (nSPS) is 22.3. The Balaban J connectivity index is -0.00000152. The van der Waals surface area contributed by atoms with E-state index in [0.717, 1.165) is 25.7 Å². The molecule has 5 unspecified atom stereocenters. The van der Waals surface area contributed by atoms with Gasteiger partial charge in [-0.25, -0.2) is 0 Å². The number of aliphatic hydroxyl groups is 2. The van der Waals surface area contributed by atoms with Gasteiger partial charge in [0, 0.05) is 48.9 Å². The fraction of sp³-hybridized carbons (Fsp3) is 0.947. The van der Waals surface area contributed by atoms with Crippen LogP contribution in [0.1, 0.15) is 123 Å². The Morgan fingerprint density at radius 1 is 1.02 bits per heavy atom. The molecule has 0 aliphatic carbocycles. The zero-order chi connectivity index (χ0) is 39.3. The number of methoxy groups -OCH3 is 1. The molecule has 11 nitrogen and oxygen atoms in total. The van der Waals surface area contributed by atoms with E-state index in [1.807, 2.05) is 62.4 Å². The highest BCUT2D eigenvalue weighted by atomic mass is 16.7. The first-order chi connectivity index (χ1) is 22.5. The van der Waals surface area contributed by atoms with Crippen LogP contribution in [0.3, 0.4) is 0 Å². The largest absolute Gasteiger partial charge is 0.462 e. The predicted molar refractivity (Wildman–Crippen MR) is 201 cm³/mol. The molecule has 1 aliphatic heterocycles. The molecule has 0 radical (unpaired) electrons. The lowest BCUT2D eigenvalue weighted by Gasteiger charge is -2.47. The van der Waals surface area contributed by atoms with E-state index < -0.39 is 47.3 Å². The Hall–Kier alpha value is -1.18. The summed E-state index contributed by atoms with van der Waals surface area (Å²) in [6.45, 7) is 27.4. The molecule has 0 aromatic rings. The van der Waals surface area contributed by atoms with Gasteiger partial charge in [-0.2, -0.15) is 0 Å². The van der Waals surface area contributed by atoms with Crippen molar-refractivity contribution in [3.05, 3.63) is 0 Å². The average Bonchev–Trinajstić information content (AvgIpc) is 3.02. The minimum Gasteiger partial charge on any atom is -0.462 e. The van der Waals surface area contributed by atoms with Crippen molar-refractivity contribution in [3.8, 4) is 0 Å². The Morgan fingerprint density at radius 3 is 1.94 bits per heavy atom. The van der Waals surface area contributed by atoms with Crippen LogP contribution in [0.25, 0.3) is 0 Å². The summed E-state index contributed by atoms with van der Waals surface area (Å²) in [4.78, 5) is 25.4. The van der Waals surface area contributed by atoms with E-state index in [0.29, 0.717) is 19.2 Å². The van der Waals surface area contributed by atoms with Gasteiger partial charge in [0.1, 0.15) is 12.4 Å². The summed E-state index contributed by atoms with van der Waals surface area (Å²) in [6, 6.07) is 0.323. The van der Waals surface area contributed by atoms with Crippen molar-refractivity contribution in [1.29, 1.82) is 0 Å². The van der Waals surface area contributed by atoms with Crippen LogP contribution in [-0.4, -0.2) is 117 Å². The van der Waals surface area contributed by atoms with E-state index in [1.54, 1.807) is 34.8 Å². The number of Topliss-reactive ketones (excluding diaryl/α,β-unsaturated/α-hetero) is 1. The topological polar surface area (TPSA) is 153 Å². The Kier molecular flexibility index (Phi) is 27.4. The number of aliphatic hydroxyl groups excluding tert-OH is 1. The fourth-order valence-electron chi connectivity index (χ4n) is 5.53. The first kappa shape index (κ1) is 52.2. The van der Waals surface area contributed by atoms with E-state index in [-0.39, 0.29) is 30.0 Å². The molecular weight excluding hydrogens is 626 g/mol. The molecule has 0 amide bonds. The highest BCUT2D eigenvalue weighted by molar-refractivity contribution is 5.77. The van der Waals surface area contributed by atoms with Crippen LogP contribution in [0.15, 0.2) is 0 Å². The standard InChI is InChI=1S/C28H57N3O6.C6H12O2.2C2H6/c1-18-14-21(31(10)11)15-22(36-18)37-24(28(8,16-30-9)13-12-26(4,5)29)19(2)23(32)20(3)25(33)35-17-27(6,7)34;1-5(4-8-3)6(2)7;2*1-2/h18-24,30,32,34H,12-17,29H2,1-11H3;5H,4H2,1-3H3;2*1-2H3/t18?,19-,20?,21?,22?,23-,24+,28+;;;/m0.../s1. The van der Waals surface area contributed by atoms with Crippen LogP contribution >= 0.6 is 0 Å². The zero-order valence-corrected chi connectivity index (χ0v) is 34.9. The SMILES string of the molecule is CC.CC.CNC[C@@](C)(CCC(C)(C)N)[C@H](OC1CC(N(C)C)CC(C)O1)[C@@H](C)[C@H](O)C(C)C(=O)OCC(C)(C)O.COCC(C)C(C)=O. The first-order valence-corrected chi connectivity index (χ1v) is 18.4. The third-order valence-corrected chi connectivity index (χ3v) is 8.67. The number of nitrogens with zero attached hydrogens (tertiary/aromatic N) is 1. The molecule has 0 aromatic carbocycles. The molecule has 11 heteroatoms. The van der Waals surface area contributed by atoms with Gasteiger partial charge in [0.2, 0.25) is 0 Å². The van der Waals surface area contributed by atoms with Gasteiger partial charge >= 0.3 is 5.97 Å². The second-order valence-electron chi connectivity index (χ2n) is 15.2. The molecule has 1 aliphatic rings. The number of nitrogens with one attached hydrogen (secondary N) is 1. The molecule has 5 N–H and O–H groups in total. The van der Waals surface area contributed by atoms with E-state index in [2.05, 4.69) is 38.2 Å². The van der Waals surface area contributed by atoms with Crippen molar-refractivity contribution in [3.63, 3.8) is 0 Å². The van der Waals surface area contributed by atoms with Gasteiger partial charge in [0.15, 0.2) is 6.29 Å². The molecule has 0 bridgehead atoms. The lowest BCUT2D eigenvalue weighted by Crippen LogP contribution is -2.54. The second-order valence-corrected chi connectivity index (χ2v) is 15.2. The molecule has 296 valence electrons. The van der Waals surface area contributed by atoms with Crippen molar-refractivity contribution in [2.75, 3.05) is 48.0 Å². The highest BCUT2D eigenvalue weighted by Gasteiger charge is 2.45. The molecule has 0 saturated carbocycles. The second kappa shape index (κ2) is 25.7. The molecule has 1 heterocycles. The summed E-state index contributed by atoms with van der Waals surface area (Å²) in [5.41, 5.74) is 4.46. The number of nitrogens with two attached hydrogens (primary N) is 1. The van der Waals surface area contributed by atoms with Crippen molar-refractivity contribution in [2.45, 2.75) is 164 Å². The smallest absolute Gasteiger partial charge is 0.311 e. The van der Waals surface area contributed by atoms with Gasteiger partial charge in [-0.3, -0.25) is 9.59 Å². The Bertz CT molecular complexity index is 861. The van der Waals surface area contributed by atoms with Crippen molar-refractivity contribution in [1.82, 2.24) is 10.2 Å². The monoisotopic (exact) mass is 708 g/mol. The molecule has 0 spiro atoms. The molecule has 49 heavy (non-hydrogen) atoms. The summed E-state index contributed by atoms with van der Waals surface area (Å²) in [5.74, 6) is -1.52. The van der Waals surface area contributed by atoms with E-state index in [9.17, 15) is 19.8 Å². The Labute approximate surface area is 301 Å². The van der Waals surface area contributed by atoms with Gasteiger partial charge in [0.25, 0.3) is 0 Å². The van der Waals surface area contributed by atoms with Crippen LogP contribution < -0.4 is 11.1 Å². The van der Waals surface area contributed by atoms with Crippen molar-refractivity contribution in [2.24, 2.45) is 28.9 Å². The maximum absolute atomic E-state index is 12.7. The van der Waals surface area contributed by atoms with Gasteiger partial charge in [-0.1, -0.05) is 48.5 Å². The van der Waals surface area contributed by atoms with Crippen molar-refractivity contribution >= 4 is 11.8 Å². The number of hydrogen-bond donors (Lipinski definition) is 4. The number of rotatable bonds is 18. The Morgan fingerprint density at radius 2 is 1.55 bits per heavy atom. The number of carbonyl (C=O) groups excluding carboxylic acids is 2. The van der Waals surface area contributed by atoms with Crippen LogP contribution in [0.5, 0.6) is 0 Å². The first-order valence-electron chi connectivity index (χ1n) is 18.4. The van der Waals surface area contributed by atoms with Gasteiger partial charge < -0.3 is 45.1 Å². The lowest BCUT2D eigenvalue weighted by atomic mass is 9.70. The third-order valence-electron chi connectivity index (χ3n) is 8.67. The fourth-order valence-corrected chi connectivity index (χ4v) is 5.53. The van der Waals surface area contributed by atoms with Gasteiger partial charge in [-0.15, -0.1) is 0 Å². The van der Waals surface area contributed by atoms with E-state index >= 15 is 0 Å². The zero-order valence-electron chi connectivity index (χ0n) is 34.9. The summed E-state index contributed by atoms with van der Waals surface area (Å²) >= 11 is 0. The molecular formula is C38H81N3O8. The third kappa shape index (κ3) is 22.4. The summed E-state index contributed by atoms with van der Waals surface area (Å²) in [7, 11) is 7.64. The molecule has 1 rings (SSSR count). The van der Waals surface area contributed by atoms with Crippen molar-refractivity contribution < 1.29 is 38.7 Å². The van der Waals surface area contributed by atoms with Gasteiger partial charge in [-0.05, 0) is 88.9 Å². The summed E-state index contributed by atoms with van der Waals surface area (Å²) in [5, 5.41) is 24.7. The molecule has 1 fully saturated rings. The van der Waals surface area contributed by atoms with Crippen LogP contribution in [0, 0.1) is 23.2 Å². The maximum Gasteiger partial charge on any atom is 0.311 e. The van der Waals surface area contributed by atoms with E-state index in [4.69, 9.17) is 24.7 Å². The highest BCUT2D eigenvalue weighted by Crippen LogP contribution is 2.40. The number of hydrogen-bond acceptors (Lipinski definition) is 11. The lowest BCUT2D eigenvalue weighted by molar-refractivity contribution is -0.255. The predicted octanol–water partition coefficient (Wildman–Crippen LogP) is 5.43. The summed E-state index contributed by atoms with van der Waals surface area (Å²) < 4.78 is 23.0. The minimum absolute atomic E-state index is 0.0429. The van der Waals surface area contributed by atoms with Gasteiger partial charge in [0.05, 0.1) is 36.4 Å². The molecule has 9 atom stereocenters. The minimum atomic E-state index is -1.14. The van der Waals surface area contributed by atoms with E-state index in [1.165, 1.54) is 0 Å². The quantitative estimate of drug-likeness (QED) is 0.135. The molecule has 1 saturated heterocycles. The number of carbonyl (C=O) groups is 2. The number of esters is 1. The molecule has 0 aromatic heterocycles. The number of ether oxygens (including phenoxy) is 4.